The predicted molar refractivity (Wildman–Crippen MR) is 89.4 cm³/mol. The van der Waals surface area contributed by atoms with Gasteiger partial charge in [-0.05, 0) is 42.7 Å². The SMILES string of the molecule is CCC(=O)Nc1cccc(NC2CCc3sc(Cl)cc32)c1. The zero-order chi connectivity index (χ0) is 14.8. The van der Waals surface area contributed by atoms with Crippen LogP contribution in [0.3, 0.4) is 0 Å². The molecule has 1 atom stereocenters. The molecular weight excluding hydrogens is 304 g/mol. The predicted octanol–water partition coefficient (Wildman–Crippen LogP) is 4.85. The van der Waals surface area contributed by atoms with Gasteiger partial charge in [-0.25, -0.2) is 0 Å². The third-order valence-electron chi connectivity index (χ3n) is 3.66. The second-order valence-electron chi connectivity index (χ2n) is 5.15. The Labute approximate surface area is 133 Å². The van der Waals surface area contributed by atoms with Gasteiger partial charge in [-0.3, -0.25) is 4.79 Å². The summed E-state index contributed by atoms with van der Waals surface area (Å²) in [7, 11) is 0. The van der Waals surface area contributed by atoms with Crippen molar-refractivity contribution in [1.82, 2.24) is 0 Å². The lowest BCUT2D eigenvalue weighted by molar-refractivity contribution is -0.115. The van der Waals surface area contributed by atoms with Crippen LogP contribution in [0.1, 0.15) is 36.2 Å². The first-order valence-corrected chi connectivity index (χ1v) is 8.29. The van der Waals surface area contributed by atoms with Gasteiger partial charge in [0.05, 0.1) is 10.4 Å². The molecule has 2 N–H and O–H groups in total. The van der Waals surface area contributed by atoms with Gasteiger partial charge in [0.25, 0.3) is 0 Å². The highest BCUT2D eigenvalue weighted by Crippen LogP contribution is 2.41. The molecular formula is C16H17ClN2OS. The number of aryl methyl sites for hydroxylation is 1. The van der Waals surface area contributed by atoms with Crippen molar-refractivity contribution >= 4 is 40.2 Å². The van der Waals surface area contributed by atoms with E-state index >= 15 is 0 Å². The van der Waals surface area contributed by atoms with E-state index in [9.17, 15) is 4.79 Å². The van der Waals surface area contributed by atoms with E-state index in [1.165, 1.54) is 10.4 Å². The van der Waals surface area contributed by atoms with Crippen LogP contribution in [0.5, 0.6) is 0 Å². The molecule has 21 heavy (non-hydrogen) atoms. The first kappa shape index (κ1) is 14.4. The van der Waals surface area contributed by atoms with E-state index in [1.807, 2.05) is 31.2 Å². The molecule has 2 aromatic rings. The molecule has 1 aromatic heterocycles. The summed E-state index contributed by atoms with van der Waals surface area (Å²) in [5.74, 6) is 0.0277. The standard InChI is InChI=1S/C16H17ClN2OS/c1-2-16(20)19-11-5-3-4-10(8-11)18-13-6-7-14-12(13)9-15(17)21-14/h3-5,8-9,13,18H,2,6-7H2,1H3,(H,19,20). The van der Waals surface area contributed by atoms with E-state index < -0.39 is 0 Å². The number of carbonyl (C=O) groups excluding carboxylic acids is 1. The van der Waals surface area contributed by atoms with Crippen molar-refractivity contribution in [1.29, 1.82) is 0 Å². The number of nitrogens with one attached hydrogen (secondary N) is 2. The third kappa shape index (κ3) is 3.22. The number of hydrogen-bond acceptors (Lipinski definition) is 3. The van der Waals surface area contributed by atoms with Crippen LogP contribution < -0.4 is 10.6 Å². The van der Waals surface area contributed by atoms with Crippen molar-refractivity contribution in [2.45, 2.75) is 32.2 Å². The van der Waals surface area contributed by atoms with Gasteiger partial charge < -0.3 is 10.6 Å². The summed E-state index contributed by atoms with van der Waals surface area (Å²) in [5, 5.41) is 6.42. The van der Waals surface area contributed by atoms with E-state index in [0.717, 1.165) is 28.6 Å². The fourth-order valence-electron chi connectivity index (χ4n) is 2.62. The van der Waals surface area contributed by atoms with Gasteiger partial charge in [0.1, 0.15) is 0 Å². The van der Waals surface area contributed by atoms with Crippen LogP contribution in [0.25, 0.3) is 0 Å². The first-order chi connectivity index (χ1) is 10.2. The van der Waals surface area contributed by atoms with E-state index in [4.69, 9.17) is 11.6 Å². The molecule has 0 spiro atoms. The van der Waals surface area contributed by atoms with Crippen molar-refractivity contribution in [3.63, 3.8) is 0 Å². The Morgan fingerprint density at radius 2 is 2.19 bits per heavy atom. The van der Waals surface area contributed by atoms with Gasteiger partial charge in [0.15, 0.2) is 0 Å². The van der Waals surface area contributed by atoms with Crippen LogP contribution >= 0.6 is 22.9 Å². The maximum absolute atomic E-state index is 11.5. The molecule has 0 saturated heterocycles. The molecule has 0 radical (unpaired) electrons. The van der Waals surface area contributed by atoms with Crippen LogP contribution in [0.15, 0.2) is 30.3 Å². The number of thiophene rings is 1. The van der Waals surface area contributed by atoms with Gasteiger partial charge in [-0.2, -0.15) is 0 Å². The van der Waals surface area contributed by atoms with Crippen LogP contribution in [0.4, 0.5) is 11.4 Å². The van der Waals surface area contributed by atoms with Gasteiger partial charge in [0.2, 0.25) is 5.91 Å². The summed E-state index contributed by atoms with van der Waals surface area (Å²) in [4.78, 5) is 12.8. The van der Waals surface area contributed by atoms with Crippen molar-refractivity contribution in [3.8, 4) is 0 Å². The number of rotatable bonds is 4. The summed E-state index contributed by atoms with van der Waals surface area (Å²) < 4.78 is 0.857. The number of carbonyl (C=O) groups is 1. The second-order valence-corrected chi connectivity index (χ2v) is 6.92. The molecule has 0 fully saturated rings. The van der Waals surface area contributed by atoms with Gasteiger partial charge in [-0.1, -0.05) is 24.6 Å². The smallest absolute Gasteiger partial charge is 0.224 e. The van der Waals surface area contributed by atoms with E-state index in [2.05, 4.69) is 16.7 Å². The Kier molecular flexibility index (Phi) is 4.17. The van der Waals surface area contributed by atoms with Crippen LogP contribution in [-0.2, 0) is 11.2 Å². The maximum Gasteiger partial charge on any atom is 0.224 e. The molecule has 0 bridgehead atoms. The Morgan fingerprint density at radius 1 is 1.38 bits per heavy atom. The normalized spacial score (nSPS) is 16.6. The monoisotopic (exact) mass is 320 g/mol. The summed E-state index contributed by atoms with van der Waals surface area (Å²) in [6.07, 6.45) is 2.65. The van der Waals surface area contributed by atoms with E-state index in [1.54, 1.807) is 11.3 Å². The molecule has 0 aliphatic heterocycles. The van der Waals surface area contributed by atoms with Crippen molar-refractivity contribution in [2.24, 2.45) is 0 Å². The molecule has 0 saturated carbocycles. The van der Waals surface area contributed by atoms with Gasteiger partial charge in [-0.15, -0.1) is 11.3 Å². The number of benzene rings is 1. The lowest BCUT2D eigenvalue weighted by Crippen LogP contribution is -2.10. The summed E-state index contributed by atoms with van der Waals surface area (Å²) in [5.41, 5.74) is 3.16. The fourth-order valence-corrected chi connectivity index (χ4v) is 3.97. The number of anilines is 2. The lowest BCUT2D eigenvalue weighted by atomic mass is 10.1. The average molecular weight is 321 g/mol. The Balaban J connectivity index is 1.74. The molecule has 1 aromatic carbocycles. The van der Waals surface area contributed by atoms with E-state index in [-0.39, 0.29) is 5.91 Å². The molecule has 3 nitrogen and oxygen atoms in total. The van der Waals surface area contributed by atoms with Crippen molar-refractivity contribution < 1.29 is 4.79 Å². The molecule has 1 unspecified atom stereocenters. The number of fused-ring (bicyclic) bond motifs is 1. The van der Waals surface area contributed by atoms with Crippen LogP contribution in [0.2, 0.25) is 4.34 Å². The minimum absolute atomic E-state index is 0.0277. The summed E-state index contributed by atoms with van der Waals surface area (Å²) >= 11 is 7.76. The second kappa shape index (κ2) is 6.08. The van der Waals surface area contributed by atoms with Crippen molar-refractivity contribution in [2.75, 3.05) is 10.6 Å². The Morgan fingerprint density at radius 3 is 3.00 bits per heavy atom. The zero-order valence-corrected chi connectivity index (χ0v) is 13.4. The maximum atomic E-state index is 11.5. The van der Waals surface area contributed by atoms with Crippen LogP contribution in [-0.4, -0.2) is 5.91 Å². The minimum atomic E-state index is 0.0277. The molecule has 1 amide bonds. The molecule has 3 rings (SSSR count). The lowest BCUT2D eigenvalue weighted by Gasteiger charge is -2.15. The zero-order valence-electron chi connectivity index (χ0n) is 11.8. The van der Waals surface area contributed by atoms with Gasteiger partial charge in [0, 0.05) is 22.7 Å². The number of hydrogen-bond donors (Lipinski definition) is 2. The topological polar surface area (TPSA) is 41.1 Å². The fraction of sp³-hybridized carbons (Fsp3) is 0.312. The summed E-state index contributed by atoms with van der Waals surface area (Å²) in [6.45, 7) is 1.85. The molecule has 5 heteroatoms. The average Bonchev–Trinajstić information content (AvgIpc) is 3.00. The first-order valence-electron chi connectivity index (χ1n) is 7.10. The van der Waals surface area contributed by atoms with Crippen LogP contribution in [0, 0.1) is 0 Å². The Hall–Kier alpha value is -1.52. The van der Waals surface area contributed by atoms with Gasteiger partial charge >= 0.3 is 0 Å². The third-order valence-corrected chi connectivity index (χ3v) is 5.00. The summed E-state index contributed by atoms with van der Waals surface area (Å²) in [6, 6.07) is 10.2. The highest BCUT2D eigenvalue weighted by molar-refractivity contribution is 7.16. The highest BCUT2D eigenvalue weighted by Gasteiger charge is 2.24. The molecule has 110 valence electrons. The van der Waals surface area contributed by atoms with Crippen molar-refractivity contribution in [3.05, 3.63) is 45.1 Å². The molecule has 1 aliphatic carbocycles. The molecule has 1 heterocycles. The minimum Gasteiger partial charge on any atom is -0.378 e. The van der Waals surface area contributed by atoms with E-state index in [0.29, 0.717) is 12.5 Å². The largest absolute Gasteiger partial charge is 0.378 e. The number of amides is 1. The quantitative estimate of drug-likeness (QED) is 0.845. The highest BCUT2D eigenvalue weighted by atomic mass is 35.5. The Bertz CT molecular complexity index is 668. The molecule has 1 aliphatic rings. The number of halogens is 1.